The Morgan fingerprint density at radius 1 is 1.11 bits per heavy atom. The number of esters is 1. The number of hydrogen-bond donors (Lipinski definition) is 1. The molecule has 4 nitrogen and oxygen atoms in total. The van der Waals surface area contributed by atoms with Gasteiger partial charge in [0.15, 0.2) is 6.10 Å². The third kappa shape index (κ3) is 3.99. The van der Waals surface area contributed by atoms with E-state index in [0.29, 0.717) is 9.90 Å². The van der Waals surface area contributed by atoms with Crippen LogP contribution in [-0.4, -0.2) is 18.0 Å². The molecule has 1 heterocycles. The Bertz CT molecular complexity index is 1020. The number of fused-ring (bicyclic) bond motifs is 1. The molecule has 0 radical (unpaired) electrons. The quantitative estimate of drug-likeness (QED) is 0.573. The van der Waals surface area contributed by atoms with Crippen molar-refractivity contribution >= 4 is 50.6 Å². The molecular weight excluding hydrogens is 382 g/mol. The maximum absolute atomic E-state index is 12.5. The van der Waals surface area contributed by atoms with Gasteiger partial charge in [0.25, 0.3) is 5.91 Å². The second kappa shape index (κ2) is 7.71. The molecular formula is C21H20ClNO3S. The highest BCUT2D eigenvalue weighted by Gasteiger charge is 2.24. The molecule has 3 rings (SSSR count). The van der Waals surface area contributed by atoms with E-state index in [-0.39, 0.29) is 5.91 Å². The lowest BCUT2D eigenvalue weighted by molar-refractivity contribution is -0.123. The van der Waals surface area contributed by atoms with E-state index >= 15 is 0 Å². The predicted octanol–water partition coefficient (Wildman–Crippen LogP) is 5.66. The molecule has 0 saturated carbocycles. The van der Waals surface area contributed by atoms with Gasteiger partial charge in [-0.1, -0.05) is 47.5 Å². The molecule has 2 aromatic carbocycles. The Morgan fingerprint density at radius 3 is 2.37 bits per heavy atom. The lowest BCUT2D eigenvalue weighted by Gasteiger charge is -2.16. The second-order valence-electron chi connectivity index (χ2n) is 6.55. The van der Waals surface area contributed by atoms with Crippen LogP contribution in [0, 0.1) is 20.8 Å². The minimum absolute atomic E-state index is 0.306. The van der Waals surface area contributed by atoms with Crippen LogP contribution in [0.1, 0.15) is 33.3 Å². The Morgan fingerprint density at radius 2 is 1.74 bits per heavy atom. The highest BCUT2D eigenvalue weighted by molar-refractivity contribution is 7.21. The van der Waals surface area contributed by atoms with Gasteiger partial charge >= 0.3 is 5.97 Å². The van der Waals surface area contributed by atoms with Gasteiger partial charge in [-0.05, 0) is 44.9 Å². The number of carbonyl (C=O) groups is 2. The Labute approximate surface area is 167 Å². The van der Waals surface area contributed by atoms with Gasteiger partial charge in [0, 0.05) is 15.8 Å². The van der Waals surface area contributed by atoms with Crippen molar-refractivity contribution in [1.29, 1.82) is 0 Å². The van der Waals surface area contributed by atoms with Crippen LogP contribution in [0.5, 0.6) is 0 Å². The molecule has 1 N–H and O–H groups in total. The maximum Gasteiger partial charge on any atom is 0.350 e. The lowest BCUT2D eigenvalue weighted by Crippen LogP contribution is -2.30. The van der Waals surface area contributed by atoms with E-state index in [2.05, 4.69) is 5.32 Å². The normalized spacial score (nSPS) is 12.0. The van der Waals surface area contributed by atoms with Gasteiger partial charge in [0.2, 0.25) is 0 Å². The average Bonchev–Trinajstić information content (AvgIpc) is 2.95. The molecule has 0 aliphatic heterocycles. The van der Waals surface area contributed by atoms with Crippen LogP contribution in [0.4, 0.5) is 5.69 Å². The highest BCUT2D eigenvalue weighted by atomic mass is 35.5. The van der Waals surface area contributed by atoms with Gasteiger partial charge < -0.3 is 10.1 Å². The van der Waals surface area contributed by atoms with Crippen LogP contribution in [-0.2, 0) is 9.53 Å². The molecule has 1 unspecified atom stereocenters. The number of benzene rings is 2. The Balaban J connectivity index is 1.74. The van der Waals surface area contributed by atoms with Gasteiger partial charge in [-0.25, -0.2) is 4.79 Å². The first-order valence-electron chi connectivity index (χ1n) is 8.54. The Kier molecular flexibility index (Phi) is 5.53. The fraction of sp³-hybridized carbons (Fsp3) is 0.238. The fourth-order valence-electron chi connectivity index (χ4n) is 3.01. The number of amides is 1. The monoisotopic (exact) mass is 401 g/mol. The summed E-state index contributed by atoms with van der Waals surface area (Å²) >= 11 is 7.57. The molecule has 6 heteroatoms. The summed E-state index contributed by atoms with van der Waals surface area (Å²) in [5, 5.41) is 4.02. The summed E-state index contributed by atoms with van der Waals surface area (Å²) in [5.74, 6) is -0.975. The number of thiophene rings is 1. The van der Waals surface area contributed by atoms with Crippen LogP contribution >= 0.6 is 22.9 Å². The van der Waals surface area contributed by atoms with Gasteiger partial charge in [-0.15, -0.1) is 11.3 Å². The van der Waals surface area contributed by atoms with Crippen molar-refractivity contribution < 1.29 is 14.3 Å². The SMILES string of the molecule is Cc1cc(C)c(NC(=O)C(C)OC(=O)c2sc3ccccc3c2Cl)c(C)c1. The third-order valence-corrected chi connectivity index (χ3v) is 5.95. The maximum atomic E-state index is 12.5. The number of aryl methyl sites for hydroxylation is 3. The van der Waals surface area contributed by atoms with Crippen molar-refractivity contribution in [3.8, 4) is 0 Å². The fourth-order valence-corrected chi connectivity index (χ4v) is 4.41. The first-order chi connectivity index (χ1) is 12.8. The second-order valence-corrected chi connectivity index (χ2v) is 7.98. The van der Waals surface area contributed by atoms with Crippen LogP contribution in [0.15, 0.2) is 36.4 Å². The number of carbonyl (C=O) groups excluding carboxylic acids is 2. The standard InChI is InChI=1S/C21H20ClNO3S/c1-11-9-12(2)18(13(3)10-11)23-20(24)14(4)26-21(25)19-17(22)15-7-5-6-8-16(15)27-19/h5-10,14H,1-4H3,(H,23,24). The van der Waals surface area contributed by atoms with E-state index in [0.717, 1.165) is 32.5 Å². The van der Waals surface area contributed by atoms with Crippen LogP contribution < -0.4 is 5.32 Å². The summed E-state index contributed by atoms with van der Waals surface area (Å²) in [6, 6.07) is 11.5. The molecule has 140 valence electrons. The van der Waals surface area contributed by atoms with Crippen LogP contribution in [0.25, 0.3) is 10.1 Å². The van der Waals surface area contributed by atoms with Crippen molar-refractivity contribution in [2.75, 3.05) is 5.32 Å². The molecule has 1 aromatic heterocycles. The number of anilines is 1. The zero-order valence-electron chi connectivity index (χ0n) is 15.6. The van der Waals surface area contributed by atoms with Crippen molar-refractivity contribution in [3.63, 3.8) is 0 Å². The lowest BCUT2D eigenvalue weighted by atomic mass is 10.0. The summed E-state index contributed by atoms with van der Waals surface area (Å²) in [6.45, 7) is 7.42. The first kappa shape index (κ1) is 19.4. The number of halogens is 1. The number of rotatable bonds is 4. The van der Waals surface area contributed by atoms with Gasteiger partial charge in [-0.2, -0.15) is 0 Å². The molecule has 3 aromatic rings. The first-order valence-corrected chi connectivity index (χ1v) is 9.74. The number of nitrogens with one attached hydrogen (secondary N) is 1. The van der Waals surface area contributed by atoms with Crippen LogP contribution in [0.2, 0.25) is 5.02 Å². The van der Waals surface area contributed by atoms with Crippen molar-refractivity contribution in [1.82, 2.24) is 0 Å². The molecule has 0 spiro atoms. The molecule has 0 aliphatic carbocycles. The summed E-state index contributed by atoms with van der Waals surface area (Å²) in [6.07, 6.45) is -0.945. The molecule has 27 heavy (non-hydrogen) atoms. The summed E-state index contributed by atoms with van der Waals surface area (Å²) in [5.41, 5.74) is 3.80. The van der Waals surface area contributed by atoms with E-state index < -0.39 is 12.1 Å². The largest absolute Gasteiger partial charge is 0.448 e. The van der Waals surface area contributed by atoms with Crippen LogP contribution in [0.3, 0.4) is 0 Å². The minimum Gasteiger partial charge on any atom is -0.448 e. The van der Waals surface area contributed by atoms with Gasteiger partial charge in [0.1, 0.15) is 4.88 Å². The smallest absolute Gasteiger partial charge is 0.350 e. The van der Waals surface area contributed by atoms with Gasteiger partial charge in [0.05, 0.1) is 5.02 Å². The molecule has 1 amide bonds. The average molecular weight is 402 g/mol. The Hall–Kier alpha value is -2.37. The van der Waals surface area contributed by atoms with E-state index in [1.807, 2.05) is 57.2 Å². The molecule has 0 saturated heterocycles. The van der Waals surface area contributed by atoms with E-state index in [1.165, 1.54) is 11.3 Å². The predicted molar refractivity (Wildman–Crippen MR) is 111 cm³/mol. The third-order valence-electron chi connectivity index (χ3n) is 4.30. The highest BCUT2D eigenvalue weighted by Crippen LogP contribution is 2.35. The topological polar surface area (TPSA) is 55.4 Å². The summed E-state index contributed by atoms with van der Waals surface area (Å²) < 4.78 is 6.26. The van der Waals surface area contributed by atoms with E-state index in [9.17, 15) is 9.59 Å². The van der Waals surface area contributed by atoms with Gasteiger partial charge in [-0.3, -0.25) is 4.79 Å². The molecule has 0 aliphatic rings. The summed E-state index contributed by atoms with van der Waals surface area (Å²) in [4.78, 5) is 25.3. The summed E-state index contributed by atoms with van der Waals surface area (Å²) in [7, 11) is 0. The van der Waals surface area contributed by atoms with Crippen molar-refractivity contribution in [2.24, 2.45) is 0 Å². The molecule has 0 bridgehead atoms. The number of hydrogen-bond acceptors (Lipinski definition) is 4. The van der Waals surface area contributed by atoms with Crippen molar-refractivity contribution in [2.45, 2.75) is 33.8 Å². The molecule has 0 fully saturated rings. The zero-order chi connectivity index (χ0) is 19.7. The zero-order valence-corrected chi connectivity index (χ0v) is 17.1. The minimum atomic E-state index is -0.945. The number of ether oxygens (including phenoxy) is 1. The van der Waals surface area contributed by atoms with Crippen molar-refractivity contribution in [3.05, 3.63) is 63.0 Å². The molecule has 1 atom stereocenters. The van der Waals surface area contributed by atoms with E-state index in [1.54, 1.807) is 6.92 Å². The van der Waals surface area contributed by atoms with E-state index in [4.69, 9.17) is 16.3 Å².